The van der Waals surface area contributed by atoms with E-state index in [4.69, 9.17) is 9.47 Å². The van der Waals surface area contributed by atoms with Crippen LogP contribution in [-0.2, 0) is 5.41 Å². The van der Waals surface area contributed by atoms with Gasteiger partial charge < -0.3 is 14.6 Å². The monoisotopic (exact) mass is 430 g/mol. The second-order valence-corrected chi connectivity index (χ2v) is 10.7. The van der Waals surface area contributed by atoms with E-state index < -0.39 is 0 Å². The molecule has 1 aromatic rings. The number of benzene rings is 1. The maximum absolute atomic E-state index is 10.0. The van der Waals surface area contributed by atoms with Crippen molar-refractivity contribution in [3.63, 3.8) is 0 Å². The van der Waals surface area contributed by atoms with Crippen molar-refractivity contribution in [2.24, 2.45) is 17.3 Å². The molecule has 0 heterocycles. The Bertz CT molecular complexity index is 735. The number of allylic oxidation sites excluding steroid dienone is 1. The highest BCUT2D eigenvalue weighted by atomic mass is 16.5. The van der Waals surface area contributed by atoms with Crippen LogP contribution in [0.4, 0.5) is 0 Å². The van der Waals surface area contributed by atoms with Crippen LogP contribution in [0.2, 0.25) is 0 Å². The van der Waals surface area contributed by atoms with Crippen LogP contribution < -0.4 is 9.47 Å². The van der Waals surface area contributed by atoms with E-state index >= 15 is 0 Å². The lowest BCUT2D eigenvalue weighted by atomic mass is 9.58. The van der Waals surface area contributed by atoms with Gasteiger partial charge in [-0.2, -0.15) is 0 Å². The molecule has 0 fully saturated rings. The largest absolute Gasteiger partial charge is 0.496 e. The lowest BCUT2D eigenvalue weighted by Gasteiger charge is -2.46. The molecular formula is C28H46O3. The quantitative estimate of drug-likeness (QED) is 0.313. The van der Waals surface area contributed by atoms with Crippen molar-refractivity contribution in [1.29, 1.82) is 0 Å². The average Bonchev–Trinajstić information content (AvgIpc) is 2.75. The lowest BCUT2D eigenvalue weighted by Crippen LogP contribution is -2.38. The fourth-order valence-corrected chi connectivity index (χ4v) is 5.17. The standard InChI is InChI=1S/C28H46O3/c1-10-11-12-13-14-27(4,5)22-16-24(30-8)26(25(17-22)31-9)23-15-21(18-29)19(2)28(6,7)20(23)3/h15-17,19-20,23,29H,10-14,18H2,1-9H3/t19-,20+,23+/m1/s1. The third kappa shape index (κ3) is 5.30. The minimum absolute atomic E-state index is 0.0602. The summed E-state index contributed by atoms with van der Waals surface area (Å²) in [6, 6.07) is 4.45. The number of aliphatic hydroxyl groups excluding tert-OH is 1. The second kappa shape index (κ2) is 10.4. The third-order valence-electron chi connectivity index (χ3n) is 8.27. The zero-order valence-corrected chi connectivity index (χ0v) is 21.5. The zero-order chi connectivity index (χ0) is 23.4. The molecule has 0 unspecified atom stereocenters. The molecule has 31 heavy (non-hydrogen) atoms. The first-order valence-corrected chi connectivity index (χ1v) is 12.1. The van der Waals surface area contributed by atoms with Gasteiger partial charge in [-0.1, -0.05) is 80.2 Å². The molecule has 3 heteroatoms. The van der Waals surface area contributed by atoms with Gasteiger partial charge >= 0.3 is 0 Å². The van der Waals surface area contributed by atoms with Crippen molar-refractivity contribution in [2.75, 3.05) is 20.8 Å². The van der Waals surface area contributed by atoms with Crippen molar-refractivity contribution in [2.45, 2.75) is 91.9 Å². The molecule has 0 amide bonds. The Labute approximate surface area is 191 Å². The van der Waals surface area contributed by atoms with E-state index in [0.717, 1.165) is 29.1 Å². The van der Waals surface area contributed by atoms with E-state index in [1.807, 2.05) is 0 Å². The first-order valence-electron chi connectivity index (χ1n) is 12.1. The van der Waals surface area contributed by atoms with Gasteiger partial charge in [0, 0.05) is 11.5 Å². The summed E-state index contributed by atoms with van der Waals surface area (Å²) >= 11 is 0. The summed E-state index contributed by atoms with van der Waals surface area (Å²) in [4.78, 5) is 0. The summed E-state index contributed by atoms with van der Waals surface area (Å²) < 4.78 is 11.9. The van der Waals surface area contributed by atoms with Crippen molar-refractivity contribution in [3.8, 4) is 11.5 Å². The number of methoxy groups -OCH3 is 2. The summed E-state index contributed by atoms with van der Waals surface area (Å²) in [7, 11) is 3.52. The summed E-state index contributed by atoms with van der Waals surface area (Å²) in [5, 5.41) is 10.0. The van der Waals surface area contributed by atoms with Crippen LogP contribution >= 0.6 is 0 Å². The molecule has 1 N–H and O–H groups in total. The molecule has 1 aliphatic carbocycles. The maximum atomic E-state index is 10.0. The topological polar surface area (TPSA) is 38.7 Å². The Kier molecular flexibility index (Phi) is 8.67. The smallest absolute Gasteiger partial charge is 0.126 e. The van der Waals surface area contributed by atoms with Gasteiger partial charge in [0.25, 0.3) is 0 Å². The van der Waals surface area contributed by atoms with E-state index in [1.165, 1.54) is 31.2 Å². The molecule has 3 nitrogen and oxygen atoms in total. The molecule has 3 atom stereocenters. The van der Waals surface area contributed by atoms with Gasteiger partial charge in [0.15, 0.2) is 0 Å². The fraction of sp³-hybridized carbons (Fsp3) is 0.714. The van der Waals surface area contributed by atoms with Crippen LogP contribution in [0.5, 0.6) is 11.5 Å². The van der Waals surface area contributed by atoms with Crippen LogP contribution in [0.15, 0.2) is 23.8 Å². The number of unbranched alkanes of at least 4 members (excludes halogenated alkanes) is 3. The SMILES string of the molecule is CCCCCCC(C)(C)c1cc(OC)c([C@H]2C=C(CO)[C@@H](C)C(C)(C)[C@H]2C)c(OC)c1. The average molecular weight is 431 g/mol. The van der Waals surface area contributed by atoms with Crippen molar-refractivity contribution >= 4 is 0 Å². The van der Waals surface area contributed by atoms with Gasteiger partial charge in [0.2, 0.25) is 0 Å². The Morgan fingerprint density at radius 1 is 1.00 bits per heavy atom. The first-order chi connectivity index (χ1) is 14.5. The normalized spacial score (nSPS) is 23.4. The minimum Gasteiger partial charge on any atom is -0.496 e. The Hall–Kier alpha value is -1.48. The highest BCUT2D eigenvalue weighted by molar-refractivity contribution is 5.54. The number of aliphatic hydroxyl groups is 1. The summed E-state index contributed by atoms with van der Waals surface area (Å²) in [6.07, 6.45) is 8.49. The highest BCUT2D eigenvalue weighted by Crippen LogP contribution is 2.54. The molecule has 1 aromatic carbocycles. The molecule has 0 bridgehead atoms. The predicted octanol–water partition coefficient (Wildman–Crippen LogP) is 7.27. The Morgan fingerprint density at radius 3 is 2.06 bits per heavy atom. The van der Waals surface area contributed by atoms with Gasteiger partial charge in [-0.15, -0.1) is 0 Å². The molecule has 0 aromatic heterocycles. The molecule has 0 saturated heterocycles. The van der Waals surface area contributed by atoms with Crippen molar-refractivity contribution in [1.82, 2.24) is 0 Å². The molecule has 2 rings (SSSR count). The number of hydrogen-bond donors (Lipinski definition) is 1. The van der Waals surface area contributed by atoms with Crippen molar-refractivity contribution in [3.05, 3.63) is 34.9 Å². The van der Waals surface area contributed by atoms with E-state index in [0.29, 0.717) is 11.8 Å². The van der Waals surface area contributed by atoms with Gasteiger partial charge in [-0.05, 0) is 52.4 Å². The van der Waals surface area contributed by atoms with Crippen LogP contribution in [0.1, 0.15) is 97.6 Å². The van der Waals surface area contributed by atoms with Gasteiger partial charge in [0.1, 0.15) is 11.5 Å². The number of hydrogen-bond acceptors (Lipinski definition) is 3. The fourth-order valence-electron chi connectivity index (χ4n) is 5.17. The van der Waals surface area contributed by atoms with Gasteiger partial charge in [-0.25, -0.2) is 0 Å². The van der Waals surface area contributed by atoms with Crippen LogP contribution in [0.3, 0.4) is 0 Å². The molecular weight excluding hydrogens is 384 g/mol. The van der Waals surface area contributed by atoms with Crippen molar-refractivity contribution < 1.29 is 14.6 Å². The summed E-state index contributed by atoms with van der Waals surface area (Å²) in [5.41, 5.74) is 3.60. The third-order valence-corrected chi connectivity index (χ3v) is 8.27. The van der Waals surface area contributed by atoms with Crippen LogP contribution in [0.25, 0.3) is 0 Å². The van der Waals surface area contributed by atoms with E-state index in [-0.39, 0.29) is 23.4 Å². The summed E-state index contributed by atoms with van der Waals surface area (Å²) in [5.74, 6) is 2.65. The van der Waals surface area contributed by atoms with Crippen LogP contribution in [0, 0.1) is 17.3 Å². The first kappa shape index (κ1) is 25.8. The van der Waals surface area contributed by atoms with Gasteiger partial charge in [0.05, 0.1) is 20.8 Å². The maximum Gasteiger partial charge on any atom is 0.126 e. The molecule has 1 aliphatic rings. The molecule has 0 aliphatic heterocycles. The lowest BCUT2D eigenvalue weighted by molar-refractivity contribution is 0.120. The zero-order valence-electron chi connectivity index (χ0n) is 21.5. The molecule has 0 spiro atoms. The molecule has 0 radical (unpaired) electrons. The van der Waals surface area contributed by atoms with E-state index in [9.17, 15) is 5.11 Å². The van der Waals surface area contributed by atoms with E-state index in [1.54, 1.807) is 14.2 Å². The van der Waals surface area contributed by atoms with Crippen LogP contribution in [-0.4, -0.2) is 25.9 Å². The van der Waals surface area contributed by atoms with E-state index in [2.05, 4.69) is 66.7 Å². The Morgan fingerprint density at radius 2 is 1.58 bits per heavy atom. The highest BCUT2D eigenvalue weighted by Gasteiger charge is 2.43. The predicted molar refractivity (Wildman–Crippen MR) is 131 cm³/mol. The second-order valence-electron chi connectivity index (χ2n) is 10.7. The summed E-state index contributed by atoms with van der Waals surface area (Å²) in [6.45, 7) is 16.2. The molecule has 0 saturated carbocycles. The minimum atomic E-state index is 0.0602. The van der Waals surface area contributed by atoms with Gasteiger partial charge in [-0.3, -0.25) is 0 Å². The Balaban J connectivity index is 2.53. The number of rotatable bonds is 10. The number of ether oxygens (including phenoxy) is 2. The molecule has 176 valence electrons.